The summed E-state index contributed by atoms with van der Waals surface area (Å²) in [5.74, 6) is -2.27. The summed E-state index contributed by atoms with van der Waals surface area (Å²) in [5, 5.41) is 15.3. The third-order valence-corrected chi connectivity index (χ3v) is 7.80. The summed E-state index contributed by atoms with van der Waals surface area (Å²) in [6.45, 7) is 0. The van der Waals surface area contributed by atoms with Gasteiger partial charge in [0.05, 0.1) is 17.9 Å². The van der Waals surface area contributed by atoms with Crippen molar-refractivity contribution < 1.29 is 58.3 Å². The molecule has 0 aliphatic carbocycles. The number of carboxylic acids is 1. The molecule has 1 fully saturated rings. The van der Waals surface area contributed by atoms with Crippen LogP contribution in [-0.4, -0.2) is 68.5 Å². The second kappa shape index (κ2) is 11.1. The Morgan fingerprint density at radius 3 is 2.79 bits per heavy atom. The average Bonchev–Trinajstić information content (AvgIpc) is 3.47. The molecule has 172 valence electrons. The minimum atomic E-state index is -1.52. The maximum Gasteiger partial charge on any atom is 1.00 e. The molecule has 4 heterocycles. The number of thiazole rings is 1. The van der Waals surface area contributed by atoms with Crippen molar-refractivity contribution in [3.63, 3.8) is 0 Å². The molecule has 0 bridgehead atoms. The van der Waals surface area contributed by atoms with Crippen LogP contribution in [0.4, 0.5) is 5.13 Å². The van der Waals surface area contributed by atoms with Crippen molar-refractivity contribution >= 4 is 68.6 Å². The molecule has 4 rings (SSSR count). The molecule has 2 unspecified atom stereocenters. The van der Waals surface area contributed by atoms with Gasteiger partial charge in [0.15, 0.2) is 10.9 Å². The van der Waals surface area contributed by atoms with Crippen LogP contribution in [-0.2, 0) is 14.4 Å². The van der Waals surface area contributed by atoms with Crippen molar-refractivity contribution in [3.05, 3.63) is 46.5 Å². The Hall–Kier alpha value is -2.10. The van der Waals surface area contributed by atoms with E-state index in [2.05, 4.69) is 15.3 Å². The summed E-state index contributed by atoms with van der Waals surface area (Å²) in [4.78, 5) is 58.5. The van der Waals surface area contributed by atoms with Crippen molar-refractivity contribution in [2.45, 2.75) is 11.4 Å². The SMILES string of the molecule is CN=C(C(=O)NC1C(=O)N2C(C(=O)[O-])=C(CSC(=O)c3ccco3)CSC12)c1csc(N)n1.[Na+]. The smallest absolute Gasteiger partial charge is 0.543 e. The zero-order valence-corrected chi connectivity index (χ0v) is 22.4. The molecule has 0 aromatic carbocycles. The molecule has 11 nitrogen and oxygen atoms in total. The number of β-lactam (4-membered cyclic amide) rings is 1. The van der Waals surface area contributed by atoms with Gasteiger partial charge in [0, 0.05) is 23.9 Å². The summed E-state index contributed by atoms with van der Waals surface area (Å²) in [7, 11) is 1.42. The number of anilines is 1. The molecular weight excluding hydrogens is 513 g/mol. The fraction of sp³-hybridized carbons (Fsp3) is 0.263. The van der Waals surface area contributed by atoms with Crippen LogP contribution in [0.2, 0.25) is 0 Å². The van der Waals surface area contributed by atoms with Crippen LogP contribution in [0.15, 0.2) is 44.5 Å². The number of carbonyl (C=O) groups excluding carboxylic acids is 4. The van der Waals surface area contributed by atoms with Crippen molar-refractivity contribution in [2.24, 2.45) is 4.99 Å². The van der Waals surface area contributed by atoms with Crippen LogP contribution in [0.1, 0.15) is 16.2 Å². The molecule has 34 heavy (non-hydrogen) atoms. The number of nitrogens with two attached hydrogens (primary N) is 1. The Morgan fingerprint density at radius 1 is 1.44 bits per heavy atom. The van der Waals surface area contributed by atoms with E-state index in [1.165, 1.54) is 31.1 Å². The molecule has 0 radical (unpaired) electrons. The number of rotatable bonds is 7. The van der Waals surface area contributed by atoms with E-state index in [0.29, 0.717) is 5.57 Å². The number of aliphatic carboxylic acids is 1. The average molecular weight is 530 g/mol. The largest absolute Gasteiger partial charge is 1.00 e. The first-order valence-corrected chi connectivity index (χ1v) is 12.3. The van der Waals surface area contributed by atoms with Crippen molar-refractivity contribution in [1.29, 1.82) is 0 Å². The molecule has 2 atom stereocenters. The van der Waals surface area contributed by atoms with Gasteiger partial charge in [-0.1, -0.05) is 11.8 Å². The maximum absolute atomic E-state index is 12.8. The molecule has 2 aromatic rings. The third kappa shape index (κ3) is 5.11. The maximum atomic E-state index is 12.8. The van der Waals surface area contributed by atoms with E-state index >= 15 is 0 Å². The number of carbonyl (C=O) groups is 4. The van der Waals surface area contributed by atoms with Gasteiger partial charge < -0.3 is 25.4 Å². The number of hydrogen-bond donors (Lipinski definition) is 2. The number of nitrogens with one attached hydrogen (secondary N) is 1. The van der Waals surface area contributed by atoms with E-state index in [9.17, 15) is 24.3 Å². The standard InChI is InChI=1S/C19H17N5O6S3.Na/c1-21-11(9-7-33-19(20)22-9)14(25)23-12-15(26)24-13(17(27)28)8(5-31-16(12)24)6-32-18(29)10-3-2-4-30-10;/h2-4,7,12,16H,5-6H2,1H3,(H2,20,22)(H,23,25)(H,27,28);/q;+1/p-1. The summed E-state index contributed by atoms with van der Waals surface area (Å²) in [5.41, 5.74) is 6.02. The second-order valence-corrected chi connectivity index (χ2v) is 9.74. The molecule has 2 aliphatic heterocycles. The van der Waals surface area contributed by atoms with E-state index in [1.807, 2.05) is 0 Å². The number of thioether (sulfide) groups is 2. The molecule has 15 heteroatoms. The number of aromatic nitrogens is 1. The van der Waals surface area contributed by atoms with E-state index < -0.39 is 29.2 Å². The molecule has 2 amide bonds. The van der Waals surface area contributed by atoms with E-state index in [-0.39, 0.29) is 74.2 Å². The van der Waals surface area contributed by atoms with Crippen LogP contribution in [0, 0.1) is 0 Å². The van der Waals surface area contributed by atoms with Gasteiger partial charge in [-0.2, -0.15) is 0 Å². The first-order valence-electron chi connectivity index (χ1n) is 9.39. The van der Waals surface area contributed by atoms with E-state index in [4.69, 9.17) is 10.2 Å². The van der Waals surface area contributed by atoms with Crippen LogP contribution >= 0.6 is 34.9 Å². The van der Waals surface area contributed by atoms with Crippen LogP contribution in [0.5, 0.6) is 0 Å². The van der Waals surface area contributed by atoms with Gasteiger partial charge in [0.1, 0.15) is 22.8 Å². The zero-order chi connectivity index (χ0) is 23.7. The number of hydrogen-bond acceptors (Lipinski definition) is 12. The number of aliphatic imine (C=N–C) groups is 1. The van der Waals surface area contributed by atoms with Crippen LogP contribution < -0.4 is 45.7 Å². The molecule has 0 saturated carbocycles. The Kier molecular flexibility index (Phi) is 8.65. The molecular formula is C19H16N5NaO6S3. The van der Waals surface area contributed by atoms with Gasteiger partial charge in [-0.25, -0.2) is 4.98 Å². The number of nitrogen functional groups attached to an aromatic ring is 1. The fourth-order valence-electron chi connectivity index (χ4n) is 3.34. The minimum absolute atomic E-state index is 0. The van der Waals surface area contributed by atoms with Gasteiger partial charge in [0.25, 0.3) is 16.9 Å². The molecule has 2 aromatic heterocycles. The Bertz CT molecular complexity index is 1190. The minimum Gasteiger partial charge on any atom is -0.543 e. The third-order valence-electron chi connectivity index (χ3n) is 4.83. The fourth-order valence-corrected chi connectivity index (χ4v) is 6.17. The number of amides is 2. The zero-order valence-electron chi connectivity index (χ0n) is 18.0. The van der Waals surface area contributed by atoms with Gasteiger partial charge >= 0.3 is 29.6 Å². The monoisotopic (exact) mass is 529 g/mol. The van der Waals surface area contributed by atoms with Gasteiger partial charge in [-0.15, -0.1) is 23.1 Å². The van der Waals surface area contributed by atoms with E-state index in [0.717, 1.165) is 28.0 Å². The number of furan rings is 1. The van der Waals surface area contributed by atoms with E-state index in [1.54, 1.807) is 11.4 Å². The Morgan fingerprint density at radius 2 is 2.21 bits per heavy atom. The quantitative estimate of drug-likeness (QED) is 0.211. The normalized spacial score (nSPS) is 19.7. The van der Waals surface area contributed by atoms with Crippen molar-refractivity contribution in [2.75, 3.05) is 24.3 Å². The molecule has 0 spiro atoms. The Labute approximate surface area is 227 Å². The van der Waals surface area contributed by atoms with Crippen LogP contribution in [0.25, 0.3) is 0 Å². The van der Waals surface area contributed by atoms with Crippen molar-refractivity contribution in [1.82, 2.24) is 15.2 Å². The number of carboxylic acid groups (broad SMARTS) is 1. The molecule has 2 aliphatic rings. The van der Waals surface area contributed by atoms with Gasteiger partial charge in [0.2, 0.25) is 0 Å². The molecule has 1 saturated heterocycles. The Balaban J connectivity index is 0.00000324. The summed E-state index contributed by atoms with van der Waals surface area (Å²) in [6.07, 6.45) is 1.37. The van der Waals surface area contributed by atoms with Gasteiger partial charge in [-0.05, 0) is 17.7 Å². The first kappa shape index (κ1) is 26.5. The first-order chi connectivity index (χ1) is 15.8. The number of fused-ring (bicyclic) bond motifs is 1. The molecule has 3 N–H and O–H groups in total. The number of nitrogens with zero attached hydrogens (tertiary/aromatic N) is 3. The van der Waals surface area contributed by atoms with Crippen molar-refractivity contribution in [3.8, 4) is 0 Å². The summed E-state index contributed by atoms with van der Waals surface area (Å²) in [6, 6.07) is 2.14. The summed E-state index contributed by atoms with van der Waals surface area (Å²) >= 11 is 3.31. The predicted octanol–water partition coefficient (Wildman–Crippen LogP) is -3.28. The van der Waals surface area contributed by atoms with Gasteiger partial charge in [-0.3, -0.25) is 24.3 Å². The van der Waals surface area contributed by atoms with Crippen LogP contribution in [0.3, 0.4) is 0 Å². The topological polar surface area (TPSA) is 171 Å². The second-order valence-electron chi connectivity index (χ2n) is 6.80. The summed E-state index contributed by atoms with van der Waals surface area (Å²) < 4.78 is 5.04. The predicted molar refractivity (Wildman–Crippen MR) is 122 cm³/mol.